The molecule has 4 N–H and O–H groups in total. The van der Waals surface area contributed by atoms with E-state index in [0.29, 0.717) is 12.8 Å². The molecule has 0 aliphatic heterocycles. The zero-order valence-corrected chi connectivity index (χ0v) is 19.0. The van der Waals surface area contributed by atoms with E-state index in [4.69, 9.17) is 29.9 Å². The molecule has 0 aromatic carbocycles. The van der Waals surface area contributed by atoms with E-state index in [1.807, 2.05) is 0 Å². The van der Waals surface area contributed by atoms with Crippen LogP contribution in [0, 0.1) is 0 Å². The van der Waals surface area contributed by atoms with Gasteiger partial charge in [-0.15, -0.1) is 0 Å². The van der Waals surface area contributed by atoms with Crippen molar-refractivity contribution in [2.45, 2.75) is 109 Å². The largest absolute Gasteiger partial charge is 0.463 e. The molecule has 0 aliphatic carbocycles. The van der Waals surface area contributed by atoms with Crippen molar-refractivity contribution in [1.82, 2.24) is 0 Å². The number of carbonyl (C=O) groups excluding carboxylic acids is 2. The number of carbonyl (C=O) groups is 2. The minimum Gasteiger partial charge on any atom is -0.463 e. The van der Waals surface area contributed by atoms with Gasteiger partial charge in [-0.3, -0.25) is 9.59 Å². The van der Waals surface area contributed by atoms with E-state index >= 15 is 0 Å². The summed E-state index contributed by atoms with van der Waals surface area (Å²) in [4.78, 5) is 22.8. The van der Waals surface area contributed by atoms with Gasteiger partial charge in [0.1, 0.15) is 25.4 Å². The summed E-state index contributed by atoms with van der Waals surface area (Å²) in [7, 11) is 0. The van der Waals surface area contributed by atoms with Crippen molar-refractivity contribution in [3.63, 3.8) is 0 Å². The van der Waals surface area contributed by atoms with Gasteiger partial charge in [0.2, 0.25) is 0 Å². The smallest absolute Gasteiger partial charge is 0.305 e. The molecule has 0 bridgehead atoms. The molecule has 0 radical (unpaired) electrons. The highest BCUT2D eigenvalue weighted by molar-refractivity contribution is 5.69. The van der Waals surface area contributed by atoms with Crippen molar-refractivity contribution in [2.24, 2.45) is 0 Å². The third-order valence-corrected chi connectivity index (χ3v) is 5.06. The minimum atomic E-state index is -0.987. The SMILES string of the molecule is O=C(CCCCCCCCCCCCCCCC(=O)OC[C@@H](O)CO)OC[C@@H](O)CO. The van der Waals surface area contributed by atoms with Crippen LogP contribution in [0.3, 0.4) is 0 Å². The Hall–Kier alpha value is -1.22. The molecular weight excluding hydrogens is 404 g/mol. The number of aliphatic hydroxyl groups is 4. The second-order valence-electron chi connectivity index (χ2n) is 8.14. The van der Waals surface area contributed by atoms with E-state index in [0.717, 1.165) is 38.5 Å². The first-order chi connectivity index (χ1) is 15.0. The Bertz CT molecular complexity index is 392. The minimum absolute atomic E-state index is 0.137. The van der Waals surface area contributed by atoms with Gasteiger partial charge in [-0.1, -0.05) is 70.6 Å². The molecule has 8 heteroatoms. The zero-order chi connectivity index (χ0) is 23.2. The van der Waals surface area contributed by atoms with Crippen LogP contribution in [0.15, 0.2) is 0 Å². The monoisotopic (exact) mass is 448 g/mol. The first-order valence-corrected chi connectivity index (χ1v) is 11.9. The number of esters is 2. The van der Waals surface area contributed by atoms with Gasteiger partial charge in [0, 0.05) is 12.8 Å². The topological polar surface area (TPSA) is 134 Å². The summed E-state index contributed by atoms with van der Waals surface area (Å²) in [6, 6.07) is 0. The quantitative estimate of drug-likeness (QED) is 0.147. The Morgan fingerprint density at radius 1 is 0.516 bits per heavy atom. The Morgan fingerprint density at radius 3 is 1.03 bits per heavy atom. The number of ether oxygens (including phenoxy) is 2. The molecule has 8 nitrogen and oxygen atoms in total. The summed E-state index contributed by atoms with van der Waals surface area (Å²) in [6.07, 6.45) is 13.2. The van der Waals surface area contributed by atoms with Crippen LogP contribution in [0.2, 0.25) is 0 Å². The number of rotatable bonds is 22. The Morgan fingerprint density at radius 2 is 0.774 bits per heavy atom. The van der Waals surface area contributed by atoms with Crippen molar-refractivity contribution >= 4 is 11.9 Å². The molecule has 0 rings (SSSR count). The standard InChI is InChI=1S/C23H44O8/c24-16-20(26)18-30-22(28)14-12-10-8-6-4-2-1-3-5-7-9-11-13-15-23(29)31-19-21(27)17-25/h20-21,24-27H,1-19H2/t20-,21-/m0/s1. The predicted molar refractivity (Wildman–Crippen MR) is 117 cm³/mol. The number of aliphatic hydroxyl groups excluding tert-OH is 4. The summed E-state index contributed by atoms with van der Waals surface area (Å²) < 4.78 is 9.71. The maximum atomic E-state index is 11.4. The van der Waals surface area contributed by atoms with Crippen molar-refractivity contribution < 1.29 is 39.5 Å². The molecule has 0 spiro atoms. The van der Waals surface area contributed by atoms with Crippen LogP contribution in [-0.2, 0) is 19.1 Å². The molecule has 0 amide bonds. The molecule has 0 fully saturated rings. The fraction of sp³-hybridized carbons (Fsp3) is 0.913. The number of hydrogen-bond donors (Lipinski definition) is 4. The average molecular weight is 449 g/mol. The van der Waals surface area contributed by atoms with Crippen molar-refractivity contribution in [1.29, 1.82) is 0 Å². The van der Waals surface area contributed by atoms with Crippen LogP contribution in [0.5, 0.6) is 0 Å². The number of unbranched alkanes of at least 4 members (excludes halogenated alkanes) is 12. The van der Waals surface area contributed by atoms with Crippen LogP contribution in [0.25, 0.3) is 0 Å². The molecule has 31 heavy (non-hydrogen) atoms. The molecule has 0 unspecified atom stereocenters. The van der Waals surface area contributed by atoms with Crippen molar-refractivity contribution in [3.05, 3.63) is 0 Å². The molecule has 0 heterocycles. The predicted octanol–water partition coefficient (Wildman–Crippen LogP) is 2.63. The van der Waals surface area contributed by atoms with Gasteiger partial charge in [-0.05, 0) is 12.8 Å². The normalized spacial score (nSPS) is 13.0. The van der Waals surface area contributed by atoms with E-state index in [-0.39, 0.29) is 25.2 Å². The van der Waals surface area contributed by atoms with E-state index in [1.165, 1.54) is 44.9 Å². The molecular formula is C23H44O8. The molecule has 0 aliphatic rings. The van der Waals surface area contributed by atoms with E-state index < -0.39 is 25.4 Å². The molecule has 2 atom stereocenters. The summed E-state index contributed by atoms with van der Waals surface area (Å²) in [5, 5.41) is 35.5. The third kappa shape index (κ3) is 21.8. The highest BCUT2D eigenvalue weighted by atomic mass is 16.5. The number of hydrogen-bond acceptors (Lipinski definition) is 8. The Balaban J connectivity index is 3.23. The summed E-state index contributed by atoms with van der Waals surface area (Å²) in [6.45, 7) is -1.07. The highest BCUT2D eigenvalue weighted by Gasteiger charge is 2.08. The van der Waals surface area contributed by atoms with Gasteiger partial charge >= 0.3 is 11.9 Å². The maximum absolute atomic E-state index is 11.4. The van der Waals surface area contributed by atoms with Crippen molar-refractivity contribution in [3.8, 4) is 0 Å². The van der Waals surface area contributed by atoms with Crippen LogP contribution in [-0.4, -0.2) is 71.0 Å². The summed E-state index contributed by atoms with van der Waals surface area (Å²) in [5.74, 6) is -0.629. The molecule has 0 aromatic rings. The molecule has 0 aromatic heterocycles. The lowest BCUT2D eigenvalue weighted by Crippen LogP contribution is -2.21. The van der Waals surface area contributed by atoms with Gasteiger partial charge in [0.15, 0.2) is 0 Å². The van der Waals surface area contributed by atoms with Crippen molar-refractivity contribution in [2.75, 3.05) is 26.4 Å². The maximum Gasteiger partial charge on any atom is 0.305 e. The first kappa shape index (κ1) is 29.8. The fourth-order valence-electron chi connectivity index (χ4n) is 3.11. The van der Waals surface area contributed by atoms with E-state index in [2.05, 4.69) is 0 Å². The van der Waals surface area contributed by atoms with Crippen LogP contribution < -0.4 is 0 Å². The fourth-order valence-corrected chi connectivity index (χ4v) is 3.11. The van der Waals surface area contributed by atoms with E-state index in [1.54, 1.807) is 0 Å². The third-order valence-electron chi connectivity index (χ3n) is 5.06. The highest BCUT2D eigenvalue weighted by Crippen LogP contribution is 2.13. The second-order valence-corrected chi connectivity index (χ2v) is 8.14. The second kappa shape index (κ2) is 22.0. The first-order valence-electron chi connectivity index (χ1n) is 11.9. The van der Waals surface area contributed by atoms with Gasteiger partial charge in [0.05, 0.1) is 13.2 Å². The van der Waals surface area contributed by atoms with Crippen LogP contribution >= 0.6 is 0 Å². The van der Waals surface area contributed by atoms with Gasteiger partial charge < -0.3 is 29.9 Å². The summed E-state index contributed by atoms with van der Waals surface area (Å²) in [5.41, 5.74) is 0. The van der Waals surface area contributed by atoms with Gasteiger partial charge in [-0.2, -0.15) is 0 Å². The van der Waals surface area contributed by atoms with E-state index in [9.17, 15) is 9.59 Å². The zero-order valence-electron chi connectivity index (χ0n) is 19.0. The molecule has 0 saturated heterocycles. The van der Waals surface area contributed by atoms with Crippen LogP contribution in [0.1, 0.15) is 96.3 Å². The lowest BCUT2D eigenvalue weighted by atomic mass is 10.0. The Labute approximate surface area is 186 Å². The summed E-state index contributed by atoms with van der Waals surface area (Å²) >= 11 is 0. The molecule has 184 valence electrons. The molecule has 0 saturated carbocycles. The van der Waals surface area contributed by atoms with Gasteiger partial charge in [0.25, 0.3) is 0 Å². The van der Waals surface area contributed by atoms with Gasteiger partial charge in [-0.25, -0.2) is 0 Å². The lowest BCUT2D eigenvalue weighted by Gasteiger charge is -2.08. The van der Waals surface area contributed by atoms with Crippen LogP contribution in [0.4, 0.5) is 0 Å². The average Bonchev–Trinajstić information content (AvgIpc) is 2.78. The Kier molecular flexibility index (Phi) is 21.1. The lowest BCUT2D eigenvalue weighted by molar-refractivity contribution is -0.148.